The average Bonchev–Trinajstić information content (AvgIpc) is 3.11. The average molecular weight is 875 g/mol. The summed E-state index contributed by atoms with van der Waals surface area (Å²) in [7, 11) is 0. The van der Waals surface area contributed by atoms with Crippen LogP contribution in [-0.4, -0.2) is 148 Å². The molecule has 1 atom stereocenters. The van der Waals surface area contributed by atoms with E-state index in [1.165, 1.54) is 0 Å². The van der Waals surface area contributed by atoms with Crippen LogP contribution in [0.3, 0.4) is 0 Å². The van der Waals surface area contributed by atoms with Gasteiger partial charge >= 0.3 is 23.9 Å². The standard InChI is InChI=1S/C38H47N5O9.Gd/c44-33(45)25-40-17-19-41(26-34(46)47)21-23-43(24-22-42(20-18-40)27-35(48)49)36(38(51)52)30-11-13-31(14-12-30)37(50)39-16-15-32(28-7-3-1-4-8-28)29-9-5-2-6-10-29;/h1-14,32,36H,15-27H2,(H,39,50)(H,44,45)(H,46,47)(H,48,49)(H,51,52);. The molecule has 0 aliphatic carbocycles. The third-order valence-corrected chi connectivity index (χ3v) is 9.16. The third-order valence-electron chi connectivity index (χ3n) is 9.16. The number of amides is 1. The first-order valence-electron chi connectivity index (χ1n) is 17.3. The van der Waals surface area contributed by atoms with E-state index >= 15 is 0 Å². The van der Waals surface area contributed by atoms with Gasteiger partial charge in [0.1, 0.15) is 6.04 Å². The largest absolute Gasteiger partial charge is 0.480 e. The number of hydrogen-bond donors (Lipinski definition) is 5. The number of rotatable bonds is 15. The van der Waals surface area contributed by atoms with Gasteiger partial charge in [0.05, 0.1) is 19.6 Å². The summed E-state index contributed by atoms with van der Waals surface area (Å²) in [6.45, 7) is 0.976. The maximum Gasteiger partial charge on any atom is 0.325 e. The molecule has 1 saturated heterocycles. The van der Waals surface area contributed by atoms with Gasteiger partial charge in [0.25, 0.3) is 5.91 Å². The van der Waals surface area contributed by atoms with Crippen LogP contribution in [0, 0.1) is 39.9 Å². The fourth-order valence-electron chi connectivity index (χ4n) is 6.51. The second-order valence-corrected chi connectivity index (χ2v) is 12.8. The molecule has 4 rings (SSSR count). The van der Waals surface area contributed by atoms with Crippen molar-refractivity contribution in [3.63, 3.8) is 0 Å². The van der Waals surface area contributed by atoms with Gasteiger partial charge in [-0.1, -0.05) is 72.8 Å². The van der Waals surface area contributed by atoms with Gasteiger partial charge in [-0.3, -0.25) is 43.6 Å². The Balaban J connectivity index is 0.00000756. The maximum atomic E-state index is 13.2. The number of carbonyl (C=O) groups excluding carboxylic acids is 1. The van der Waals surface area contributed by atoms with Crippen molar-refractivity contribution < 1.29 is 84.3 Å². The summed E-state index contributed by atoms with van der Waals surface area (Å²) in [6.07, 6.45) is 0.670. The molecule has 286 valence electrons. The number of carboxylic acids is 4. The van der Waals surface area contributed by atoms with Crippen LogP contribution >= 0.6 is 0 Å². The number of benzene rings is 3. The van der Waals surface area contributed by atoms with Crippen LogP contribution in [0.2, 0.25) is 0 Å². The molecule has 0 aromatic heterocycles. The molecule has 1 unspecified atom stereocenters. The van der Waals surface area contributed by atoms with Gasteiger partial charge in [0.2, 0.25) is 0 Å². The van der Waals surface area contributed by atoms with Gasteiger partial charge in [0, 0.05) is 110 Å². The van der Waals surface area contributed by atoms with Crippen molar-refractivity contribution in [3.05, 3.63) is 107 Å². The number of nitrogens with one attached hydrogen (secondary N) is 1. The summed E-state index contributed by atoms with van der Waals surface area (Å²) in [6, 6.07) is 25.3. The van der Waals surface area contributed by atoms with E-state index in [-0.39, 0.29) is 124 Å². The van der Waals surface area contributed by atoms with Crippen LogP contribution in [0.1, 0.15) is 45.4 Å². The summed E-state index contributed by atoms with van der Waals surface area (Å²) in [5.74, 6) is -4.57. The second kappa shape index (κ2) is 22.4. The summed E-state index contributed by atoms with van der Waals surface area (Å²) in [4.78, 5) is 67.3. The first-order chi connectivity index (χ1) is 25.0. The molecule has 0 saturated carbocycles. The van der Waals surface area contributed by atoms with Crippen LogP contribution in [0.25, 0.3) is 0 Å². The molecule has 0 spiro atoms. The van der Waals surface area contributed by atoms with Crippen molar-refractivity contribution in [2.45, 2.75) is 18.4 Å². The Morgan fingerprint density at radius 2 is 0.943 bits per heavy atom. The Morgan fingerprint density at radius 1 is 0.547 bits per heavy atom. The van der Waals surface area contributed by atoms with Gasteiger partial charge in [-0.25, -0.2) is 0 Å². The number of hydrogen-bond acceptors (Lipinski definition) is 9. The van der Waals surface area contributed by atoms with E-state index in [2.05, 4.69) is 29.6 Å². The zero-order chi connectivity index (χ0) is 37.5. The Bertz CT molecular complexity index is 1560. The molecule has 5 N–H and O–H groups in total. The fraction of sp³-hybridized carbons (Fsp3) is 0.395. The Kier molecular flexibility index (Phi) is 18.4. The Hall–Kier alpha value is -3.83. The van der Waals surface area contributed by atoms with E-state index in [0.29, 0.717) is 24.1 Å². The molecule has 1 aliphatic heterocycles. The molecular formula is C38H47GdN5O9. The zero-order valence-electron chi connectivity index (χ0n) is 29.4. The van der Waals surface area contributed by atoms with E-state index in [0.717, 1.165) is 11.1 Å². The van der Waals surface area contributed by atoms with Gasteiger partial charge in [-0.05, 0) is 35.2 Å². The molecule has 1 fully saturated rings. The number of carboxylic acid groups (broad SMARTS) is 4. The molecule has 3 aromatic rings. The van der Waals surface area contributed by atoms with Gasteiger partial charge in [-0.15, -0.1) is 0 Å². The molecule has 14 nitrogen and oxygen atoms in total. The van der Waals surface area contributed by atoms with Crippen molar-refractivity contribution in [2.24, 2.45) is 0 Å². The number of carbonyl (C=O) groups is 5. The van der Waals surface area contributed by atoms with E-state index < -0.39 is 29.9 Å². The minimum Gasteiger partial charge on any atom is -0.480 e. The maximum absolute atomic E-state index is 13.2. The minimum atomic E-state index is -1.17. The van der Waals surface area contributed by atoms with Gasteiger partial charge < -0.3 is 25.7 Å². The number of aliphatic carboxylic acids is 4. The topological polar surface area (TPSA) is 191 Å². The molecule has 1 amide bonds. The van der Waals surface area contributed by atoms with Gasteiger partial charge in [0.15, 0.2) is 0 Å². The zero-order valence-corrected chi connectivity index (χ0v) is 31.7. The van der Waals surface area contributed by atoms with Gasteiger partial charge in [-0.2, -0.15) is 0 Å². The smallest absolute Gasteiger partial charge is 0.325 e. The first-order valence-corrected chi connectivity index (χ1v) is 17.3. The van der Waals surface area contributed by atoms with Crippen LogP contribution in [0.15, 0.2) is 84.9 Å². The summed E-state index contributed by atoms with van der Waals surface area (Å²) >= 11 is 0. The number of nitrogens with zero attached hydrogens (tertiary/aromatic N) is 4. The van der Waals surface area contributed by atoms with Crippen LogP contribution in [0.5, 0.6) is 0 Å². The summed E-state index contributed by atoms with van der Waals surface area (Å²) in [5, 5.41) is 41.9. The van der Waals surface area contributed by atoms with E-state index in [1.807, 2.05) is 36.4 Å². The summed E-state index contributed by atoms with van der Waals surface area (Å²) in [5.41, 5.74) is 3.06. The third kappa shape index (κ3) is 14.5. The minimum absolute atomic E-state index is 0. The Morgan fingerprint density at radius 3 is 1.32 bits per heavy atom. The predicted molar refractivity (Wildman–Crippen MR) is 192 cm³/mol. The van der Waals surface area contributed by atoms with Crippen molar-refractivity contribution in [1.82, 2.24) is 24.9 Å². The van der Waals surface area contributed by atoms with Crippen molar-refractivity contribution in [1.29, 1.82) is 0 Å². The first kappa shape index (κ1) is 43.6. The molecular weight excluding hydrogens is 828 g/mol. The van der Waals surface area contributed by atoms with Crippen molar-refractivity contribution >= 4 is 29.8 Å². The van der Waals surface area contributed by atoms with Crippen molar-refractivity contribution in [3.8, 4) is 0 Å². The SMILES string of the molecule is O=C(O)CN1CCN(CC(=O)O)CCN(C(C(=O)O)c2ccc(C(=O)NCCC(c3ccccc3)c3ccccc3)cc2)CCN(CC(=O)O)CC1.[Gd]. The summed E-state index contributed by atoms with van der Waals surface area (Å²) < 4.78 is 0. The van der Waals surface area contributed by atoms with Crippen molar-refractivity contribution in [2.75, 3.05) is 78.5 Å². The predicted octanol–water partition coefficient (Wildman–Crippen LogP) is 2.24. The monoisotopic (exact) mass is 875 g/mol. The fourth-order valence-corrected chi connectivity index (χ4v) is 6.51. The Labute approximate surface area is 341 Å². The van der Waals surface area contributed by atoms with Crippen LogP contribution < -0.4 is 5.32 Å². The van der Waals surface area contributed by atoms with Crippen LogP contribution in [-0.2, 0) is 19.2 Å². The van der Waals surface area contributed by atoms with E-state index in [9.17, 15) is 44.4 Å². The molecule has 0 radical (unpaired) electrons. The molecule has 0 bridgehead atoms. The molecule has 3 aromatic carbocycles. The molecule has 53 heavy (non-hydrogen) atoms. The van der Waals surface area contributed by atoms with E-state index in [4.69, 9.17) is 0 Å². The van der Waals surface area contributed by atoms with Crippen LogP contribution in [0.4, 0.5) is 0 Å². The quantitative estimate of drug-likeness (QED) is 0.150. The normalized spacial score (nSPS) is 16.0. The molecule has 1 heterocycles. The second-order valence-electron chi connectivity index (χ2n) is 12.8. The van der Waals surface area contributed by atoms with E-state index in [1.54, 1.807) is 43.9 Å². The molecule has 15 heteroatoms. The molecule has 1 aliphatic rings.